The molecular formula is C14H24N4O4S. The SMILES string of the molecule is CCCOc1ncccc1CNC(=O)NCCCCS(N)(=O)=O. The molecule has 1 aromatic rings. The van der Waals surface area contributed by atoms with Crippen molar-refractivity contribution in [3.8, 4) is 5.88 Å². The van der Waals surface area contributed by atoms with Crippen LogP contribution in [0.5, 0.6) is 5.88 Å². The zero-order valence-corrected chi connectivity index (χ0v) is 14.1. The van der Waals surface area contributed by atoms with Crippen molar-refractivity contribution in [2.75, 3.05) is 18.9 Å². The lowest BCUT2D eigenvalue weighted by atomic mass is 10.2. The lowest BCUT2D eigenvalue weighted by Gasteiger charge is -2.11. The second kappa shape index (κ2) is 10.0. The van der Waals surface area contributed by atoms with Crippen LogP contribution in [0, 0.1) is 0 Å². The Morgan fingerprint density at radius 1 is 1.35 bits per heavy atom. The first-order valence-electron chi connectivity index (χ1n) is 7.51. The Kier molecular flexibility index (Phi) is 8.35. The van der Waals surface area contributed by atoms with Crippen molar-refractivity contribution >= 4 is 16.1 Å². The highest BCUT2D eigenvalue weighted by Crippen LogP contribution is 2.13. The Bertz CT molecular complexity index is 592. The molecule has 0 saturated heterocycles. The van der Waals surface area contributed by atoms with Gasteiger partial charge in [0.2, 0.25) is 15.9 Å². The Morgan fingerprint density at radius 3 is 2.83 bits per heavy atom. The van der Waals surface area contributed by atoms with Crippen LogP contribution < -0.4 is 20.5 Å². The van der Waals surface area contributed by atoms with Crippen LogP contribution in [-0.2, 0) is 16.6 Å². The van der Waals surface area contributed by atoms with Gasteiger partial charge in [-0.25, -0.2) is 23.3 Å². The second-order valence-corrected chi connectivity index (χ2v) is 6.73. The lowest BCUT2D eigenvalue weighted by Crippen LogP contribution is -2.35. The van der Waals surface area contributed by atoms with Crippen molar-refractivity contribution < 1.29 is 17.9 Å². The number of unbranched alkanes of at least 4 members (excludes halogenated alkanes) is 1. The molecule has 130 valence electrons. The van der Waals surface area contributed by atoms with E-state index in [9.17, 15) is 13.2 Å². The van der Waals surface area contributed by atoms with Crippen molar-refractivity contribution in [3.05, 3.63) is 23.9 Å². The quantitative estimate of drug-likeness (QED) is 0.540. The maximum Gasteiger partial charge on any atom is 0.315 e. The van der Waals surface area contributed by atoms with Gasteiger partial charge in [0.05, 0.1) is 12.4 Å². The zero-order chi connectivity index (χ0) is 17.1. The highest BCUT2D eigenvalue weighted by molar-refractivity contribution is 7.89. The number of rotatable bonds is 10. The van der Waals surface area contributed by atoms with Gasteiger partial charge in [0.25, 0.3) is 0 Å². The van der Waals surface area contributed by atoms with Crippen molar-refractivity contribution in [2.24, 2.45) is 5.14 Å². The predicted molar refractivity (Wildman–Crippen MR) is 87.5 cm³/mol. The van der Waals surface area contributed by atoms with E-state index in [0.717, 1.165) is 12.0 Å². The molecule has 0 bridgehead atoms. The van der Waals surface area contributed by atoms with Gasteiger partial charge in [-0.2, -0.15) is 0 Å². The van der Waals surface area contributed by atoms with Gasteiger partial charge >= 0.3 is 6.03 Å². The van der Waals surface area contributed by atoms with Crippen LogP contribution >= 0.6 is 0 Å². The van der Waals surface area contributed by atoms with E-state index in [1.54, 1.807) is 12.3 Å². The topological polar surface area (TPSA) is 123 Å². The van der Waals surface area contributed by atoms with E-state index in [4.69, 9.17) is 9.88 Å². The largest absolute Gasteiger partial charge is 0.477 e. The minimum atomic E-state index is -3.43. The Morgan fingerprint density at radius 2 is 2.13 bits per heavy atom. The number of aromatic nitrogens is 1. The van der Waals surface area contributed by atoms with Gasteiger partial charge in [-0.15, -0.1) is 0 Å². The summed E-state index contributed by atoms with van der Waals surface area (Å²) in [6.45, 7) is 3.26. The molecule has 23 heavy (non-hydrogen) atoms. The number of nitrogens with zero attached hydrogens (tertiary/aromatic N) is 1. The van der Waals surface area contributed by atoms with Crippen LogP contribution in [0.3, 0.4) is 0 Å². The molecule has 0 aliphatic rings. The molecule has 1 heterocycles. The van der Waals surface area contributed by atoms with Gasteiger partial charge in [-0.05, 0) is 25.3 Å². The number of carbonyl (C=O) groups is 1. The fourth-order valence-electron chi connectivity index (χ4n) is 1.76. The summed E-state index contributed by atoms with van der Waals surface area (Å²) in [6.07, 6.45) is 3.47. The number of ether oxygens (including phenoxy) is 1. The molecule has 0 saturated carbocycles. The standard InChI is InChI=1S/C14H24N4O4S/c1-2-9-22-13-12(6-5-8-16-13)11-18-14(19)17-7-3-4-10-23(15,20)21/h5-6,8H,2-4,7,9-11H2,1H3,(H2,15,20,21)(H2,17,18,19). The van der Waals surface area contributed by atoms with Gasteiger partial charge in [0, 0.05) is 24.8 Å². The molecule has 0 aliphatic carbocycles. The Labute approximate surface area is 136 Å². The number of nitrogens with one attached hydrogen (secondary N) is 2. The summed E-state index contributed by atoms with van der Waals surface area (Å²) in [5, 5.41) is 10.3. The van der Waals surface area contributed by atoms with Crippen LogP contribution in [0.15, 0.2) is 18.3 Å². The molecule has 0 spiro atoms. The van der Waals surface area contributed by atoms with Crippen LogP contribution in [0.25, 0.3) is 0 Å². The van der Waals surface area contributed by atoms with Gasteiger partial charge in [0.1, 0.15) is 0 Å². The summed E-state index contributed by atoms with van der Waals surface area (Å²) in [4.78, 5) is 15.8. The number of hydrogen-bond acceptors (Lipinski definition) is 5. The number of sulfonamides is 1. The number of nitrogens with two attached hydrogens (primary N) is 1. The van der Waals surface area contributed by atoms with E-state index in [2.05, 4.69) is 15.6 Å². The molecule has 8 nitrogen and oxygen atoms in total. The molecule has 0 unspecified atom stereocenters. The van der Waals surface area contributed by atoms with E-state index >= 15 is 0 Å². The third kappa shape index (κ3) is 8.99. The first kappa shape index (κ1) is 19.2. The van der Waals surface area contributed by atoms with Crippen molar-refractivity contribution in [1.29, 1.82) is 0 Å². The maximum atomic E-state index is 11.7. The van der Waals surface area contributed by atoms with Gasteiger partial charge in [-0.3, -0.25) is 0 Å². The average Bonchev–Trinajstić information content (AvgIpc) is 2.50. The average molecular weight is 344 g/mol. The summed E-state index contributed by atoms with van der Waals surface area (Å²) < 4.78 is 27.0. The van der Waals surface area contributed by atoms with Crippen LogP contribution in [0.4, 0.5) is 4.79 Å². The highest BCUT2D eigenvalue weighted by Gasteiger charge is 2.07. The van der Waals surface area contributed by atoms with Crippen LogP contribution in [-0.4, -0.2) is 38.3 Å². The molecule has 2 amide bonds. The first-order valence-corrected chi connectivity index (χ1v) is 9.22. The highest BCUT2D eigenvalue weighted by atomic mass is 32.2. The second-order valence-electron chi connectivity index (χ2n) is 5.00. The number of urea groups is 1. The van der Waals surface area contributed by atoms with E-state index in [1.165, 1.54) is 0 Å². The van der Waals surface area contributed by atoms with Gasteiger partial charge in [0.15, 0.2) is 0 Å². The molecule has 4 N–H and O–H groups in total. The minimum Gasteiger partial charge on any atom is -0.477 e. The Balaban J connectivity index is 2.28. The van der Waals surface area contributed by atoms with E-state index in [1.807, 2.05) is 13.0 Å². The smallest absolute Gasteiger partial charge is 0.315 e. The fraction of sp³-hybridized carbons (Fsp3) is 0.571. The maximum absolute atomic E-state index is 11.7. The third-order valence-electron chi connectivity index (χ3n) is 2.87. The first-order chi connectivity index (χ1) is 10.9. The molecule has 0 radical (unpaired) electrons. The zero-order valence-electron chi connectivity index (χ0n) is 13.2. The number of amides is 2. The summed E-state index contributed by atoms with van der Waals surface area (Å²) in [7, 11) is -3.43. The summed E-state index contributed by atoms with van der Waals surface area (Å²) >= 11 is 0. The van der Waals surface area contributed by atoms with Crippen molar-refractivity contribution in [1.82, 2.24) is 15.6 Å². The van der Waals surface area contributed by atoms with E-state index in [-0.39, 0.29) is 11.8 Å². The van der Waals surface area contributed by atoms with Crippen LogP contribution in [0.1, 0.15) is 31.7 Å². The molecule has 1 rings (SSSR count). The number of primary sulfonamides is 1. The minimum absolute atomic E-state index is 0.0793. The summed E-state index contributed by atoms with van der Waals surface area (Å²) in [6, 6.07) is 3.29. The normalized spacial score (nSPS) is 11.0. The number of carbonyl (C=O) groups excluding carboxylic acids is 1. The third-order valence-corrected chi connectivity index (χ3v) is 3.73. The molecule has 1 aromatic heterocycles. The molecule has 0 atom stereocenters. The summed E-state index contributed by atoms with van der Waals surface area (Å²) in [5.74, 6) is 0.437. The molecular weight excluding hydrogens is 320 g/mol. The molecule has 0 fully saturated rings. The van der Waals surface area contributed by atoms with Gasteiger partial charge in [-0.1, -0.05) is 13.0 Å². The molecule has 0 aromatic carbocycles. The molecule has 9 heteroatoms. The van der Waals surface area contributed by atoms with Crippen molar-refractivity contribution in [3.63, 3.8) is 0 Å². The fourth-order valence-corrected chi connectivity index (χ4v) is 2.36. The van der Waals surface area contributed by atoms with Gasteiger partial charge < -0.3 is 15.4 Å². The van der Waals surface area contributed by atoms with Crippen molar-refractivity contribution in [2.45, 2.75) is 32.7 Å². The number of hydrogen-bond donors (Lipinski definition) is 3. The van der Waals surface area contributed by atoms with Crippen LogP contribution in [0.2, 0.25) is 0 Å². The Hall–Kier alpha value is -1.87. The summed E-state index contributed by atoms with van der Waals surface area (Å²) in [5.41, 5.74) is 0.797. The predicted octanol–water partition coefficient (Wildman–Crippen LogP) is 0.738. The number of pyridine rings is 1. The van der Waals surface area contributed by atoms with E-state index < -0.39 is 10.0 Å². The monoisotopic (exact) mass is 344 g/mol. The lowest BCUT2D eigenvalue weighted by molar-refractivity contribution is 0.240. The molecule has 0 aliphatic heterocycles. The van der Waals surface area contributed by atoms with E-state index in [0.29, 0.717) is 38.4 Å².